The molecule has 3 heterocycles. The van der Waals surface area contributed by atoms with Crippen LogP contribution in [0.5, 0.6) is 5.88 Å². The number of nitrogens with one attached hydrogen (secondary N) is 1. The average Bonchev–Trinajstić information content (AvgIpc) is 2.35. The Bertz CT molecular complexity index is 430. The third kappa shape index (κ3) is 2.30. The maximum absolute atomic E-state index is 5.82. The summed E-state index contributed by atoms with van der Waals surface area (Å²) in [6, 6.07) is 0. The van der Waals surface area contributed by atoms with Gasteiger partial charge < -0.3 is 14.8 Å². The number of hydrogen-bond donors (Lipinski definition) is 1. The third-order valence-electron chi connectivity index (χ3n) is 2.95. The van der Waals surface area contributed by atoms with Gasteiger partial charge in [0.25, 0.3) is 0 Å². The lowest BCUT2D eigenvalue weighted by Gasteiger charge is -2.28. The van der Waals surface area contributed by atoms with Crippen molar-refractivity contribution in [1.29, 1.82) is 0 Å². The molecular formula is C12H15N3O2. The highest BCUT2D eigenvalue weighted by atomic mass is 16.5. The van der Waals surface area contributed by atoms with Gasteiger partial charge in [-0.05, 0) is 12.0 Å². The van der Waals surface area contributed by atoms with Crippen LogP contribution in [0.4, 0.5) is 0 Å². The molecule has 1 saturated heterocycles. The van der Waals surface area contributed by atoms with E-state index < -0.39 is 0 Å². The lowest BCUT2D eigenvalue weighted by molar-refractivity contribution is 0.134. The molecule has 0 aromatic carbocycles. The van der Waals surface area contributed by atoms with Crippen molar-refractivity contribution in [2.24, 2.45) is 0 Å². The van der Waals surface area contributed by atoms with E-state index in [0.29, 0.717) is 12.5 Å². The van der Waals surface area contributed by atoms with E-state index in [2.05, 4.69) is 21.4 Å². The summed E-state index contributed by atoms with van der Waals surface area (Å²) in [4.78, 5) is 8.66. The van der Waals surface area contributed by atoms with Crippen LogP contribution >= 0.6 is 0 Å². The summed E-state index contributed by atoms with van der Waals surface area (Å²) in [5.74, 6) is 0.646. The van der Waals surface area contributed by atoms with Gasteiger partial charge in [0.05, 0.1) is 13.2 Å². The standard InChI is InChI=1S/C12H15N3O2/c1-5-16-6-2-9(1)11-12(15-4-3-14-11)17-10-7-13-8-10/h1,3-4,10,13H,2,5-8H2. The zero-order valence-corrected chi connectivity index (χ0v) is 9.56. The predicted molar refractivity (Wildman–Crippen MR) is 62.7 cm³/mol. The van der Waals surface area contributed by atoms with Gasteiger partial charge in [-0.2, -0.15) is 0 Å². The molecule has 0 bridgehead atoms. The van der Waals surface area contributed by atoms with Gasteiger partial charge in [0.2, 0.25) is 5.88 Å². The molecule has 2 aliphatic heterocycles. The van der Waals surface area contributed by atoms with Crippen LogP contribution in [0, 0.1) is 0 Å². The second-order valence-electron chi connectivity index (χ2n) is 4.16. The molecule has 3 rings (SSSR count). The van der Waals surface area contributed by atoms with E-state index >= 15 is 0 Å². The summed E-state index contributed by atoms with van der Waals surface area (Å²) in [5.41, 5.74) is 2.04. The average molecular weight is 233 g/mol. The number of rotatable bonds is 3. The highest BCUT2D eigenvalue weighted by Crippen LogP contribution is 2.26. The first-order valence-electron chi connectivity index (χ1n) is 5.89. The van der Waals surface area contributed by atoms with Crippen molar-refractivity contribution in [3.63, 3.8) is 0 Å². The van der Waals surface area contributed by atoms with E-state index in [9.17, 15) is 0 Å². The first kappa shape index (κ1) is 10.7. The van der Waals surface area contributed by atoms with Crippen LogP contribution in [0.1, 0.15) is 12.1 Å². The zero-order valence-electron chi connectivity index (χ0n) is 9.56. The van der Waals surface area contributed by atoms with E-state index in [4.69, 9.17) is 9.47 Å². The highest BCUT2D eigenvalue weighted by Gasteiger charge is 2.22. The van der Waals surface area contributed by atoms with Crippen LogP contribution in [0.25, 0.3) is 5.57 Å². The molecule has 1 N–H and O–H groups in total. The fourth-order valence-corrected chi connectivity index (χ4v) is 1.88. The van der Waals surface area contributed by atoms with Gasteiger partial charge in [0.1, 0.15) is 11.8 Å². The lowest BCUT2D eigenvalue weighted by Crippen LogP contribution is -2.50. The molecule has 0 amide bonds. The van der Waals surface area contributed by atoms with Crippen molar-refractivity contribution in [3.05, 3.63) is 24.2 Å². The molecule has 90 valence electrons. The Balaban J connectivity index is 1.84. The van der Waals surface area contributed by atoms with Crippen LogP contribution in [-0.2, 0) is 4.74 Å². The number of nitrogens with zero attached hydrogens (tertiary/aromatic N) is 2. The molecule has 5 nitrogen and oxygen atoms in total. The van der Waals surface area contributed by atoms with Gasteiger partial charge in [-0.25, -0.2) is 9.97 Å². The van der Waals surface area contributed by atoms with E-state index in [-0.39, 0.29) is 6.10 Å². The van der Waals surface area contributed by atoms with E-state index in [0.717, 1.165) is 31.8 Å². The molecule has 1 fully saturated rings. The molecule has 5 heteroatoms. The van der Waals surface area contributed by atoms with Crippen LogP contribution in [-0.4, -0.2) is 42.4 Å². The Kier molecular flexibility index (Phi) is 3.02. The minimum absolute atomic E-state index is 0.228. The van der Waals surface area contributed by atoms with Crippen LogP contribution in [0.3, 0.4) is 0 Å². The van der Waals surface area contributed by atoms with E-state index in [1.807, 2.05) is 0 Å². The molecule has 17 heavy (non-hydrogen) atoms. The second-order valence-corrected chi connectivity index (χ2v) is 4.16. The van der Waals surface area contributed by atoms with Gasteiger partial charge >= 0.3 is 0 Å². The summed E-state index contributed by atoms with van der Waals surface area (Å²) < 4.78 is 11.1. The maximum Gasteiger partial charge on any atom is 0.240 e. The van der Waals surface area contributed by atoms with Gasteiger partial charge in [-0.1, -0.05) is 6.08 Å². The van der Waals surface area contributed by atoms with Crippen molar-refractivity contribution in [1.82, 2.24) is 15.3 Å². The monoisotopic (exact) mass is 233 g/mol. The summed E-state index contributed by atoms with van der Waals surface area (Å²) >= 11 is 0. The smallest absolute Gasteiger partial charge is 0.240 e. The van der Waals surface area contributed by atoms with Crippen molar-refractivity contribution in [2.45, 2.75) is 12.5 Å². The van der Waals surface area contributed by atoms with Gasteiger partial charge in [0.15, 0.2) is 0 Å². The van der Waals surface area contributed by atoms with Crippen molar-refractivity contribution in [3.8, 4) is 5.88 Å². The molecular weight excluding hydrogens is 218 g/mol. The maximum atomic E-state index is 5.82. The van der Waals surface area contributed by atoms with Crippen LogP contribution < -0.4 is 10.1 Å². The molecule has 0 saturated carbocycles. The number of hydrogen-bond acceptors (Lipinski definition) is 5. The summed E-state index contributed by atoms with van der Waals surface area (Å²) in [6.45, 7) is 3.17. The lowest BCUT2D eigenvalue weighted by atomic mass is 10.1. The quantitative estimate of drug-likeness (QED) is 0.830. The largest absolute Gasteiger partial charge is 0.470 e. The summed E-state index contributed by atoms with van der Waals surface area (Å²) in [7, 11) is 0. The Labute approximate surface area is 99.9 Å². The topological polar surface area (TPSA) is 56.3 Å². The summed E-state index contributed by atoms with van der Waals surface area (Å²) in [5, 5.41) is 3.17. The fraction of sp³-hybridized carbons (Fsp3) is 0.500. The third-order valence-corrected chi connectivity index (χ3v) is 2.95. The van der Waals surface area contributed by atoms with E-state index in [1.165, 1.54) is 5.57 Å². The molecule has 1 aromatic heterocycles. The highest BCUT2D eigenvalue weighted by molar-refractivity contribution is 5.66. The Morgan fingerprint density at radius 3 is 2.88 bits per heavy atom. The van der Waals surface area contributed by atoms with Crippen molar-refractivity contribution < 1.29 is 9.47 Å². The molecule has 0 radical (unpaired) electrons. The fourth-order valence-electron chi connectivity index (χ4n) is 1.88. The summed E-state index contributed by atoms with van der Waals surface area (Å²) in [6.07, 6.45) is 6.53. The van der Waals surface area contributed by atoms with Gasteiger partial charge in [-0.15, -0.1) is 0 Å². The molecule has 0 unspecified atom stereocenters. The van der Waals surface area contributed by atoms with Crippen LogP contribution in [0.2, 0.25) is 0 Å². The first-order chi connectivity index (χ1) is 8.43. The normalized spacial score (nSPS) is 20.6. The molecule has 2 aliphatic rings. The van der Waals surface area contributed by atoms with Gasteiger partial charge in [-0.3, -0.25) is 0 Å². The van der Waals surface area contributed by atoms with Crippen molar-refractivity contribution in [2.75, 3.05) is 26.3 Å². The molecule has 1 aromatic rings. The first-order valence-corrected chi connectivity index (χ1v) is 5.89. The molecule has 0 spiro atoms. The van der Waals surface area contributed by atoms with E-state index in [1.54, 1.807) is 12.4 Å². The minimum atomic E-state index is 0.228. The predicted octanol–water partition coefficient (Wildman–Crippen LogP) is 0.631. The second kappa shape index (κ2) is 4.81. The van der Waals surface area contributed by atoms with Crippen LogP contribution in [0.15, 0.2) is 18.5 Å². The SMILES string of the molecule is C1=C(c2nccnc2OC2CNC2)CCOC1. The Morgan fingerprint density at radius 2 is 2.18 bits per heavy atom. The zero-order chi connectivity index (χ0) is 11.5. The Morgan fingerprint density at radius 1 is 1.29 bits per heavy atom. The molecule has 0 atom stereocenters. The number of aromatic nitrogens is 2. The minimum Gasteiger partial charge on any atom is -0.470 e. The molecule has 0 aliphatic carbocycles. The van der Waals surface area contributed by atoms with Gasteiger partial charge in [0, 0.05) is 25.5 Å². The van der Waals surface area contributed by atoms with Crippen molar-refractivity contribution >= 4 is 5.57 Å². The Hall–Kier alpha value is -1.46. The number of ether oxygens (including phenoxy) is 2.